The molecule has 2 N–H and O–H groups in total. The van der Waals surface area contributed by atoms with Gasteiger partial charge in [0.25, 0.3) is 0 Å². The first-order valence-corrected chi connectivity index (χ1v) is 7.24. The van der Waals surface area contributed by atoms with E-state index in [2.05, 4.69) is 56.0 Å². The summed E-state index contributed by atoms with van der Waals surface area (Å²) >= 11 is 0. The van der Waals surface area contributed by atoms with E-state index in [1.807, 2.05) is 0 Å². The summed E-state index contributed by atoms with van der Waals surface area (Å²) < 4.78 is 0. The average Bonchev–Trinajstić information content (AvgIpc) is 2.77. The molecule has 0 saturated carbocycles. The minimum atomic E-state index is 0.900. The van der Waals surface area contributed by atoms with Gasteiger partial charge in [-0.2, -0.15) is 0 Å². The summed E-state index contributed by atoms with van der Waals surface area (Å²) in [6.45, 7) is 8.50. The molecule has 2 aromatic rings. The summed E-state index contributed by atoms with van der Waals surface area (Å²) in [5.74, 6) is 0. The first-order valence-electron chi connectivity index (χ1n) is 7.24. The smallest absolute Gasteiger partial charge is 0.0432 e. The molecule has 2 nitrogen and oxygen atoms in total. The number of hydrogen-bond donors (Lipinski definition) is 1. The van der Waals surface area contributed by atoms with E-state index >= 15 is 0 Å². The quantitative estimate of drug-likeness (QED) is 0.839. The van der Waals surface area contributed by atoms with Gasteiger partial charge in [0.05, 0.1) is 0 Å². The minimum absolute atomic E-state index is 0.900. The van der Waals surface area contributed by atoms with E-state index in [9.17, 15) is 0 Å². The number of anilines is 2. The van der Waals surface area contributed by atoms with Gasteiger partial charge in [0.1, 0.15) is 0 Å². The van der Waals surface area contributed by atoms with E-state index in [0.717, 1.165) is 25.2 Å². The molecule has 1 heterocycles. The molecular formula is C18H22N2. The van der Waals surface area contributed by atoms with Gasteiger partial charge in [0.15, 0.2) is 0 Å². The van der Waals surface area contributed by atoms with Crippen molar-refractivity contribution in [2.24, 2.45) is 0 Å². The highest BCUT2D eigenvalue weighted by Gasteiger charge is 2.20. The third-order valence-corrected chi connectivity index (χ3v) is 4.32. The predicted molar refractivity (Wildman–Crippen MR) is 86.3 cm³/mol. The Morgan fingerprint density at radius 2 is 1.85 bits per heavy atom. The summed E-state index contributed by atoms with van der Waals surface area (Å²) in [5, 5.41) is 0. The topological polar surface area (TPSA) is 29.3 Å². The number of nitrogens with zero attached hydrogens (tertiary/aromatic N) is 1. The van der Waals surface area contributed by atoms with Crippen molar-refractivity contribution in [3.8, 4) is 0 Å². The molecule has 0 amide bonds. The Morgan fingerprint density at radius 3 is 2.65 bits per heavy atom. The first kappa shape index (κ1) is 13.0. The molecule has 1 aliphatic rings. The lowest BCUT2D eigenvalue weighted by Gasteiger charge is -2.21. The summed E-state index contributed by atoms with van der Waals surface area (Å²) in [6.07, 6.45) is 1.13. The molecule has 104 valence electrons. The highest BCUT2D eigenvalue weighted by molar-refractivity contribution is 5.67. The van der Waals surface area contributed by atoms with Gasteiger partial charge < -0.3 is 10.6 Å². The molecule has 0 bridgehead atoms. The second kappa shape index (κ2) is 4.86. The van der Waals surface area contributed by atoms with Crippen molar-refractivity contribution in [3.63, 3.8) is 0 Å². The zero-order valence-corrected chi connectivity index (χ0v) is 12.5. The van der Waals surface area contributed by atoms with Crippen molar-refractivity contribution >= 4 is 11.4 Å². The van der Waals surface area contributed by atoms with Crippen LogP contribution in [0, 0.1) is 20.8 Å². The molecule has 0 unspecified atom stereocenters. The second-order valence-corrected chi connectivity index (χ2v) is 5.94. The van der Waals surface area contributed by atoms with Crippen molar-refractivity contribution in [2.45, 2.75) is 33.7 Å². The Balaban J connectivity index is 1.92. The number of aryl methyl sites for hydroxylation is 3. The van der Waals surface area contributed by atoms with E-state index in [0.29, 0.717) is 0 Å². The van der Waals surface area contributed by atoms with Gasteiger partial charge in [0, 0.05) is 24.5 Å². The van der Waals surface area contributed by atoms with Gasteiger partial charge in [-0.05, 0) is 55.5 Å². The van der Waals surface area contributed by atoms with E-state index in [4.69, 9.17) is 5.73 Å². The third-order valence-electron chi connectivity index (χ3n) is 4.32. The SMILES string of the molecule is Cc1ccc(C)c(CN2CCc3cc(C)c(N)cc32)c1. The maximum absolute atomic E-state index is 6.08. The standard InChI is InChI=1S/C18H22N2/c1-12-4-5-13(2)16(8-12)11-20-7-6-15-9-14(3)17(19)10-18(15)20/h4-5,8-10H,6-7,11,19H2,1-3H3. The van der Waals surface area contributed by atoms with E-state index in [-0.39, 0.29) is 0 Å². The second-order valence-electron chi connectivity index (χ2n) is 5.94. The van der Waals surface area contributed by atoms with Crippen LogP contribution in [0.1, 0.15) is 27.8 Å². The molecule has 0 atom stereocenters. The maximum atomic E-state index is 6.08. The maximum Gasteiger partial charge on any atom is 0.0432 e. The van der Waals surface area contributed by atoms with Crippen LogP contribution in [0.25, 0.3) is 0 Å². The highest BCUT2D eigenvalue weighted by Crippen LogP contribution is 2.33. The molecule has 2 aromatic carbocycles. The third kappa shape index (κ3) is 2.26. The molecular weight excluding hydrogens is 244 g/mol. The van der Waals surface area contributed by atoms with Gasteiger partial charge in [0.2, 0.25) is 0 Å². The van der Waals surface area contributed by atoms with Gasteiger partial charge >= 0.3 is 0 Å². The predicted octanol–water partition coefficient (Wildman–Crippen LogP) is 3.76. The number of rotatable bonds is 2. The largest absolute Gasteiger partial charge is 0.398 e. The van der Waals surface area contributed by atoms with Gasteiger partial charge in [-0.25, -0.2) is 0 Å². The van der Waals surface area contributed by atoms with Crippen LogP contribution >= 0.6 is 0 Å². The Hall–Kier alpha value is -1.96. The Morgan fingerprint density at radius 1 is 1.05 bits per heavy atom. The average molecular weight is 266 g/mol. The van der Waals surface area contributed by atoms with Crippen molar-refractivity contribution in [1.82, 2.24) is 0 Å². The summed E-state index contributed by atoms with van der Waals surface area (Å²) in [5.41, 5.74) is 15.0. The van der Waals surface area contributed by atoms with Crippen LogP contribution in [0.15, 0.2) is 30.3 Å². The lowest BCUT2D eigenvalue weighted by molar-refractivity contribution is 0.831. The monoisotopic (exact) mass is 266 g/mol. The molecule has 20 heavy (non-hydrogen) atoms. The molecule has 1 aliphatic heterocycles. The van der Waals surface area contributed by atoms with Crippen LogP contribution in [0.4, 0.5) is 11.4 Å². The molecule has 0 aromatic heterocycles. The van der Waals surface area contributed by atoms with Crippen LogP contribution in [0.5, 0.6) is 0 Å². The molecule has 0 radical (unpaired) electrons. The molecule has 0 saturated heterocycles. The summed E-state index contributed by atoms with van der Waals surface area (Å²) in [7, 11) is 0. The summed E-state index contributed by atoms with van der Waals surface area (Å²) in [4.78, 5) is 2.45. The molecule has 0 fully saturated rings. The number of benzene rings is 2. The fourth-order valence-corrected chi connectivity index (χ4v) is 2.98. The zero-order chi connectivity index (χ0) is 14.3. The normalized spacial score (nSPS) is 13.7. The van der Waals surface area contributed by atoms with Crippen molar-refractivity contribution in [2.75, 3.05) is 17.2 Å². The fourth-order valence-electron chi connectivity index (χ4n) is 2.98. The minimum Gasteiger partial charge on any atom is -0.398 e. The van der Waals surface area contributed by atoms with E-state index < -0.39 is 0 Å². The number of fused-ring (bicyclic) bond motifs is 1. The Labute approximate surface area is 121 Å². The lowest BCUT2D eigenvalue weighted by atomic mass is 10.0. The Kier molecular flexibility index (Phi) is 3.17. The van der Waals surface area contributed by atoms with Crippen LogP contribution in [0.2, 0.25) is 0 Å². The Bertz CT molecular complexity index is 659. The molecule has 0 spiro atoms. The van der Waals surface area contributed by atoms with E-state index in [1.54, 1.807) is 0 Å². The van der Waals surface area contributed by atoms with Gasteiger partial charge in [-0.15, -0.1) is 0 Å². The summed E-state index contributed by atoms with van der Waals surface area (Å²) in [6, 6.07) is 11.1. The van der Waals surface area contributed by atoms with Crippen molar-refractivity contribution in [3.05, 3.63) is 58.1 Å². The van der Waals surface area contributed by atoms with E-state index in [1.165, 1.54) is 33.5 Å². The molecule has 2 heteroatoms. The van der Waals surface area contributed by atoms with Crippen LogP contribution < -0.4 is 10.6 Å². The van der Waals surface area contributed by atoms with Crippen LogP contribution in [-0.2, 0) is 13.0 Å². The fraction of sp³-hybridized carbons (Fsp3) is 0.333. The van der Waals surface area contributed by atoms with Crippen LogP contribution in [-0.4, -0.2) is 6.54 Å². The van der Waals surface area contributed by atoms with Crippen LogP contribution in [0.3, 0.4) is 0 Å². The van der Waals surface area contributed by atoms with Gasteiger partial charge in [-0.3, -0.25) is 0 Å². The first-order chi connectivity index (χ1) is 9.54. The lowest BCUT2D eigenvalue weighted by Crippen LogP contribution is -2.20. The number of hydrogen-bond acceptors (Lipinski definition) is 2. The molecule has 3 rings (SSSR count). The zero-order valence-electron chi connectivity index (χ0n) is 12.5. The number of nitrogens with two attached hydrogens (primary N) is 1. The van der Waals surface area contributed by atoms with Crippen molar-refractivity contribution < 1.29 is 0 Å². The molecule has 0 aliphatic carbocycles. The van der Waals surface area contributed by atoms with Crippen molar-refractivity contribution in [1.29, 1.82) is 0 Å². The number of nitrogen functional groups attached to an aromatic ring is 1. The highest BCUT2D eigenvalue weighted by atomic mass is 15.1. The van der Waals surface area contributed by atoms with Gasteiger partial charge in [-0.1, -0.05) is 29.8 Å².